The fraction of sp³-hybridized carbons (Fsp3) is 0. The summed E-state index contributed by atoms with van der Waals surface area (Å²) < 4.78 is 6.54. The van der Waals surface area contributed by atoms with E-state index in [0.29, 0.717) is 0 Å². The highest BCUT2D eigenvalue weighted by molar-refractivity contribution is 6.15. The van der Waals surface area contributed by atoms with Gasteiger partial charge in [0.25, 0.3) is 0 Å². The molecule has 1 heterocycles. The highest BCUT2D eigenvalue weighted by Gasteiger charge is 2.17. The Hall–Kier alpha value is -5.60. The second-order valence-electron chi connectivity index (χ2n) is 10.6. The second kappa shape index (κ2) is 10.1. The minimum absolute atomic E-state index is 0.882. The molecule has 0 saturated heterocycles. The van der Waals surface area contributed by atoms with Crippen molar-refractivity contribution in [2.45, 2.75) is 0 Å². The van der Waals surface area contributed by atoms with Crippen LogP contribution in [0.25, 0.3) is 55.0 Å². The molecule has 0 aliphatic carbocycles. The molecule has 8 rings (SSSR count). The molecule has 0 saturated carbocycles. The molecule has 198 valence electrons. The number of furan rings is 1. The molecule has 0 atom stereocenters. The maximum Gasteiger partial charge on any atom is 0.143 e. The zero-order valence-corrected chi connectivity index (χ0v) is 22.9. The minimum atomic E-state index is 0.882. The summed E-state index contributed by atoms with van der Waals surface area (Å²) in [5.41, 5.74) is 9.85. The number of hydrogen-bond donors (Lipinski definition) is 0. The molecular weight excluding hydrogens is 510 g/mol. The fourth-order valence-corrected chi connectivity index (χ4v) is 5.97. The Kier molecular flexibility index (Phi) is 5.82. The van der Waals surface area contributed by atoms with Gasteiger partial charge >= 0.3 is 0 Å². The van der Waals surface area contributed by atoms with Gasteiger partial charge in [0, 0.05) is 39.3 Å². The smallest absolute Gasteiger partial charge is 0.143 e. The van der Waals surface area contributed by atoms with Crippen LogP contribution in [0.4, 0.5) is 17.1 Å². The molecule has 0 radical (unpaired) electrons. The van der Waals surface area contributed by atoms with Gasteiger partial charge in [0.15, 0.2) is 0 Å². The summed E-state index contributed by atoms with van der Waals surface area (Å²) in [5, 5.41) is 4.59. The van der Waals surface area contributed by atoms with Gasteiger partial charge in [-0.25, -0.2) is 0 Å². The van der Waals surface area contributed by atoms with Crippen molar-refractivity contribution in [1.29, 1.82) is 0 Å². The number of benzene rings is 7. The van der Waals surface area contributed by atoms with E-state index >= 15 is 0 Å². The van der Waals surface area contributed by atoms with Crippen LogP contribution < -0.4 is 4.90 Å². The van der Waals surface area contributed by atoms with E-state index < -0.39 is 0 Å². The Bertz CT molecular complexity index is 2180. The number of rotatable bonds is 5. The first-order valence-corrected chi connectivity index (χ1v) is 14.3. The molecule has 2 nitrogen and oxygen atoms in total. The number of fused-ring (bicyclic) bond motifs is 5. The molecule has 0 unspecified atom stereocenters. The lowest BCUT2D eigenvalue weighted by molar-refractivity contribution is 0.672. The summed E-state index contributed by atoms with van der Waals surface area (Å²) >= 11 is 0. The third-order valence-corrected chi connectivity index (χ3v) is 8.05. The maximum atomic E-state index is 6.54. The Balaban J connectivity index is 1.23. The molecule has 0 N–H and O–H groups in total. The number of nitrogens with zero attached hydrogens (tertiary/aromatic N) is 1. The van der Waals surface area contributed by atoms with Crippen molar-refractivity contribution in [2.24, 2.45) is 0 Å². The van der Waals surface area contributed by atoms with E-state index in [1.807, 2.05) is 0 Å². The van der Waals surface area contributed by atoms with E-state index in [1.165, 1.54) is 27.6 Å². The van der Waals surface area contributed by atoms with Gasteiger partial charge in [-0.1, -0.05) is 115 Å². The molecule has 7 aromatic carbocycles. The van der Waals surface area contributed by atoms with Gasteiger partial charge in [-0.15, -0.1) is 0 Å². The third-order valence-electron chi connectivity index (χ3n) is 8.05. The lowest BCUT2D eigenvalue weighted by Gasteiger charge is -2.26. The Morgan fingerprint density at radius 3 is 1.76 bits per heavy atom. The zero-order chi connectivity index (χ0) is 27.9. The first kappa shape index (κ1) is 24.2. The molecule has 0 bridgehead atoms. The topological polar surface area (TPSA) is 16.4 Å². The molecule has 0 aliphatic rings. The van der Waals surface area contributed by atoms with Crippen molar-refractivity contribution in [3.63, 3.8) is 0 Å². The Morgan fingerprint density at radius 1 is 0.357 bits per heavy atom. The number of hydrogen-bond acceptors (Lipinski definition) is 2. The molecule has 8 aromatic rings. The van der Waals surface area contributed by atoms with Crippen LogP contribution in [0.2, 0.25) is 0 Å². The standard InChI is InChI=1S/C40H27NO/c1-3-10-28(11-4-1)29-18-20-30(21-19-29)32-13-9-16-34(26-32)41(33-14-5-2-6-15-33)35-23-25-37-38-24-22-31-12-7-8-17-36(31)40(38)42-39(37)27-35/h1-27H. The highest BCUT2D eigenvalue weighted by Crippen LogP contribution is 2.40. The van der Waals surface area contributed by atoms with E-state index in [2.05, 4.69) is 169 Å². The van der Waals surface area contributed by atoms with Crippen LogP contribution in [0.15, 0.2) is 168 Å². The van der Waals surface area contributed by atoms with Crippen molar-refractivity contribution >= 4 is 49.8 Å². The van der Waals surface area contributed by atoms with Crippen LogP contribution in [0, 0.1) is 0 Å². The molecule has 0 spiro atoms. The van der Waals surface area contributed by atoms with E-state index in [9.17, 15) is 0 Å². The molecule has 0 amide bonds. The summed E-state index contributed by atoms with van der Waals surface area (Å²) in [6, 6.07) is 57.9. The van der Waals surface area contributed by atoms with Crippen molar-refractivity contribution in [1.82, 2.24) is 0 Å². The first-order chi connectivity index (χ1) is 20.8. The fourth-order valence-electron chi connectivity index (χ4n) is 5.97. The zero-order valence-electron chi connectivity index (χ0n) is 22.9. The molecule has 2 heteroatoms. The average Bonchev–Trinajstić information content (AvgIpc) is 3.45. The molecule has 42 heavy (non-hydrogen) atoms. The summed E-state index contributed by atoms with van der Waals surface area (Å²) in [6.07, 6.45) is 0. The minimum Gasteiger partial charge on any atom is -0.455 e. The third kappa shape index (κ3) is 4.22. The van der Waals surface area contributed by atoms with Crippen LogP contribution in [0.5, 0.6) is 0 Å². The maximum absolute atomic E-state index is 6.54. The molecular formula is C40H27NO. The SMILES string of the molecule is c1ccc(-c2ccc(-c3cccc(N(c4ccccc4)c4ccc5c(c4)oc4c6ccccc6ccc54)c3)cc2)cc1. The van der Waals surface area contributed by atoms with Gasteiger partial charge in [-0.2, -0.15) is 0 Å². The first-order valence-electron chi connectivity index (χ1n) is 14.3. The number of para-hydroxylation sites is 1. The van der Waals surface area contributed by atoms with Gasteiger partial charge < -0.3 is 9.32 Å². The summed E-state index contributed by atoms with van der Waals surface area (Å²) in [6.45, 7) is 0. The Labute approximate surface area is 244 Å². The summed E-state index contributed by atoms with van der Waals surface area (Å²) in [7, 11) is 0. The van der Waals surface area contributed by atoms with Gasteiger partial charge in [0.05, 0.1) is 0 Å². The molecule has 0 aliphatic heterocycles. The molecule has 0 fully saturated rings. The van der Waals surface area contributed by atoms with E-state index in [0.717, 1.165) is 44.4 Å². The highest BCUT2D eigenvalue weighted by atomic mass is 16.3. The largest absolute Gasteiger partial charge is 0.455 e. The van der Waals surface area contributed by atoms with Crippen LogP contribution >= 0.6 is 0 Å². The van der Waals surface area contributed by atoms with E-state index in [-0.39, 0.29) is 0 Å². The van der Waals surface area contributed by atoms with Gasteiger partial charge in [-0.05, 0) is 70.1 Å². The average molecular weight is 538 g/mol. The van der Waals surface area contributed by atoms with E-state index in [4.69, 9.17) is 4.42 Å². The normalized spacial score (nSPS) is 11.3. The lowest BCUT2D eigenvalue weighted by Crippen LogP contribution is -2.09. The predicted molar refractivity (Wildman–Crippen MR) is 177 cm³/mol. The quantitative estimate of drug-likeness (QED) is 0.217. The second-order valence-corrected chi connectivity index (χ2v) is 10.6. The van der Waals surface area contributed by atoms with Crippen LogP contribution in [0.3, 0.4) is 0 Å². The van der Waals surface area contributed by atoms with Crippen LogP contribution in [-0.4, -0.2) is 0 Å². The van der Waals surface area contributed by atoms with Crippen molar-refractivity contribution in [2.75, 3.05) is 4.90 Å². The molecule has 1 aromatic heterocycles. The summed E-state index contributed by atoms with van der Waals surface area (Å²) in [5.74, 6) is 0. The lowest BCUT2D eigenvalue weighted by atomic mass is 10.00. The van der Waals surface area contributed by atoms with E-state index in [1.54, 1.807) is 0 Å². The van der Waals surface area contributed by atoms with Gasteiger partial charge in [-0.3, -0.25) is 0 Å². The van der Waals surface area contributed by atoms with Crippen molar-refractivity contribution < 1.29 is 4.42 Å². The van der Waals surface area contributed by atoms with Gasteiger partial charge in [0.2, 0.25) is 0 Å². The van der Waals surface area contributed by atoms with Gasteiger partial charge in [0.1, 0.15) is 11.2 Å². The Morgan fingerprint density at radius 2 is 0.952 bits per heavy atom. The monoisotopic (exact) mass is 537 g/mol. The van der Waals surface area contributed by atoms with Crippen molar-refractivity contribution in [3.05, 3.63) is 164 Å². The number of anilines is 3. The van der Waals surface area contributed by atoms with Crippen molar-refractivity contribution in [3.8, 4) is 22.3 Å². The summed E-state index contributed by atoms with van der Waals surface area (Å²) in [4.78, 5) is 2.30. The van der Waals surface area contributed by atoms with Crippen LogP contribution in [0.1, 0.15) is 0 Å². The predicted octanol–water partition coefficient (Wildman–Crippen LogP) is 11.5. The van der Waals surface area contributed by atoms with Crippen LogP contribution in [-0.2, 0) is 0 Å².